The molecule has 0 bridgehead atoms. The first-order valence-electron chi connectivity index (χ1n) is 8.89. The molecule has 2 aromatic rings. The number of nitrogens with zero attached hydrogens (tertiary/aromatic N) is 1. The zero-order valence-electron chi connectivity index (χ0n) is 15.5. The summed E-state index contributed by atoms with van der Waals surface area (Å²) in [6.45, 7) is 4.80. The van der Waals surface area contributed by atoms with Gasteiger partial charge in [-0.15, -0.1) is 0 Å². The molecule has 0 atom stereocenters. The van der Waals surface area contributed by atoms with Crippen molar-refractivity contribution in [2.24, 2.45) is 4.99 Å². The molecule has 0 spiro atoms. The van der Waals surface area contributed by atoms with E-state index in [1.807, 2.05) is 13.8 Å². The minimum Gasteiger partial charge on any atom is -0.490 e. The van der Waals surface area contributed by atoms with Crippen LogP contribution in [-0.4, -0.2) is 25.1 Å². The van der Waals surface area contributed by atoms with Gasteiger partial charge >= 0.3 is 5.97 Å². The van der Waals surface area contributed by atoms with Crippen molar-refractivity contribution in [3.63, 3.8) is 0 Å². The van der Waals surface area contributed by atoms with Crippen LogP contribution in [0.2, 0.25) is 5.02 Å². The monoisotopic (exact) mass is 403 g/mol. The van der Waals surface area contributed by atoms with Crippen LogP contribution < -0.4 is 9.47 Å². The summed E-state index contributed by atoms with van der Waals surface area (Å²) in [6.07, 6.45) is 2.39. The Morgan fingerprint density at radius 2 is 1.93 bits per heavy atom. The Bertz CT molecular complexity index is 938. The maximum Gasteiger partial charge on any atom is 0.363 e. The number of carbonyl (C=O) groups is 1. The highest BCUT2D eigenvalue weighted by molar-refractivity contribution is 6.32. The number of cyclic esters (lactones) is 1. The lowest BCUT2D eigenvalue weighted by atomic mass is 10.1. The van der Waals surface area contributed by atoms with Gasteiger partial charge in [0.05, 0.1) is 18.2 Å². The molecular formula is C21H19ClFNO4. The van der Waals surface area contributed by atoms with Gasteiger partial charge in [0.1, 0.15) is 5.82 Å². The molecule has 0 fully saturated rings. The summed E-state index contributed by atoms with van der Waals surface area (Å²) in [4.78, 5) is 16.4. The first-order chi connectivity index (χ1) is 13.5. The largest absolute Gasteiger partial charge is 0.490 e. The van der Waals surface area contributed by atoms with Gasteiger partial charge in [0.2, 0.25) is 5.90 Å². The standard InChI is InChI=1S/C21H19ClFNO4/c1-3-9-27-19-16(22)10-13(12-18(19)26-4-2)11-17-21(25)28-20(24-17)14-5-7-15(23)8-6-14/h5-8,10-12H,3-4,9H2,1-2H3/b17-11-. The number of hydrogen-bond acceptors (Lipinski definition) is 5. The van der Waals surface area contributed by atoms with Crippen LogP contribution in [0.5, 0.6) is 11.5 Å². The van der Waals surface area contributed by atoms with E-state index in [-0.39, 0.29) is 17.4 Å². The molecule has 1 aliphatic heterocycles. The molecule has 2 aromatic carbocycles. The number of esters is 1. The number of aliphatic imine (C=N–C) groups is 1. The van der Waals surface area contributed by atoms with E-state index in [0.29, 0.717) is 40.9 Å². The molecule has 0 amide bonds. The van der Waals surface area contributed by atoms with Crippen molar-refractivity contribution >= 4 is 29.5 Å². The van der Waals surface area contributed by atoms with Crippen LogP contribution in [0.1, 0.15) is 31.4 Å². The summed E-state index contributed by atoms with van der Waals surface area (Å²) >= 11 is 6.35. The molecule has 0 aliphatic carbocycles. The SMILES string of the molecule is CCCOc1c(Cl)cc(/C=C2\N=C(c3ccc(F)cc3)OC2=O)cc1OCC. The smallest absolute Gasteiger partial charge is 0.363 e. The van der Waals surface area contributed by atoms with E-state index in [2.05, 4.69) is 4.99 Å². The molecule has 0 saturated carbocycles. The predicted molar refractivity (Wildman–Crippen MR) is 105 cm³/mol. The van der Waals surface area contributed by atoms with Gasteiger partial charge < -0.3 is 14.2 Å². The average Bonchev–Trinajstić information content (AvgIpc) is 3.02. The Labute approximate surface area is 167 Å². The lowest BCUT2D eigenvalue weighted by Crippen LogP contribution is -2.05. The molecular weight excluding hydrogens is 385 g/mol. The molecule has 0 N–H and O–H groups in total. The van der Waals surface area contributed by atoms with Crippen molar-refractivity contribution < 1.29 is 23.4 Å². The van der Waals surface area contributed by atoms with Crippen LogP contribution in [0.15, 0.2) is 47.1 Å². The number of carbonyl (C=O) groups excluding carboxylic acids is 1. The highest BCUT2D eigenvalue weighted by atomic mass is 35.5. The van der Waals surface area contributed by atoms with E-state index in [9.17, 15) is 9.18 Å². The molecule has 3 rings (SSSR count). The predicted octanol–water partition coefficient (Wildman–Crippen LogP) is 5.01. The van der Waals surface area contributed by atoms with Gasteiger partial charge in [-0.2, -0.15) is 0 Å². The van der Waals surface area contributed by atoms with Gasteiger partial charge in [0.25, 0.3) is 0 Å². The number of benzene rings is 2. The van der Waals surface area contributed by atoms with E-state index in [4.69, 9.17) is 25.8 Å². The third kappa shape index (κ3) is 4.51. The van der Waals surface area contributed by atoms with Crippen molar-refractivity contribution in [2.45, 2.75) is 20.3 Å². The summed E-state index contributed by atoms with van der Waals surface area (Å²) in [5.74, 6) is 0.101. The van der Waals surface area contributed by atoms with E-state index in [1.54, 1.807) is 18.2 Å². The fourth-order valence-electron chi connectivity index (χ4n) is 2.56. The van der Waals surface area contributed by atoms with E-state index >= 15 is 0 Å². The van der Waals surface area contributed by atoms with Crippen molar-refractivity contribution in [1.29, 1.82) is 0 Å². The third-order valence-corrected chi connectivity index (χ3v) is 4.08. The second-order valence-corrected chi connectivity index (χ2v) is 6.36. The fraction of sp³-hybridized carbons (Fsp3) is 0.238. The van der Waals surface area contributed by atoms with Crippen molar-refractivity contribution in [3.8, 4) is 11.5 Å². The second-order valence-electron chi connectivity index (χ2n) is 5.95. The molecule has 7 heteroatoms. The summed E-state index contributed by atoms with van der Waals surface area (Å²) in [7, 11) is 0. The minimum atomic E-state index is -0.597. The molecule has 1 heterocycles. The average molecular weight is 404 g/mol. The molecule has 0 saturated heterocycles. The summed E-state index contributed by atoms with van der Waals surface area (Å²) in [6, 6.07) is 8.93. The maximum absolute atomic E-state index is 13.1. The zero-order valence-corrected chi connectivity index (χ0v) is 16.3. The molecule has 0 aromatic heterocycles. The summed E-state index contributed by atoms with van der Waals surface area (Å²) < 4.78 is 29.6. The highest BCUT2D eigenvalue weighted by Crippen LogP contribution is 2.37. The van der Waals surface area contributed by atoms with E-state index < -0.39 is 5.97 Å². The number of hydrogen-bond donors (Lipinski definition) is 0. The number of ether oxygens (including phenoxy) is 3. The van der Waals surface area contributed by atoms with Gasteiger partial charge in [0, 0.05) is 5.56 Å². The Balaban J connectivity index is 1.93. The Hall–Kier alpha value is -2.86. The molecule has 0 unspecified atom stereocenters. The molecule has 5 nitrogen and oxygen atoms in total. The molecule has 1 aliphatic rings. The molecule has 146 valence electrons. The highest BCUT2D eigenvalue weighted by Gasteiger charge is 2.24. The fourth-order valence-corrected chi connectivity index (χ4v) is 2.84. The summed E-state index contributed by atoms with van der Waals surface area (Å²) in [5, 5.41) is 0.375. The maximum atomic E-state index is 13.1. The quantitative estimate of drug-likeness (QED) is 0.481. The lowest BCUT2D eigenvalue weighted by molar-refractivity contribution is -0.129. The van der Waals surface area contributed by atoms with Crippen LogP contribution in [0.25, 0.3) is 6.08 Å². The van der Waals surface area contributed by atoms with Gasteiger partial charge in [-0.3, -0.25) is 0 Å². The van der Waals surface area contributed by atoms with Gasteiger partial charge in [0.15, 0.2) is 17.2 Å². The molecule has 0 radical (unpaired) electrons. The van der Waals surface area contributed by atoms with Crippen LogP contribution >= 0.6 is 11.6 Å². The van der Waals surface area contributed by atoms with Crippen molar-refractivity contribution in [1.82, 2.24) is 0 Å². The first kappa shape index (κ1) is 19.9. The molecule has 28 heavy (non-hydrogen) atoms. The Kier molecular flexibility index (Phi) is 6.31. The number of rotatable bonds is 7. The topological polar surface area (TPSA) is 57.1 Å². The Morgan fingerprint density at radius 1 is 1.18 bits per heavy atom. The van der Waals surface area contributed by atoms with Crippen LogP contribution in [0.3, 0.4) is 0 Å². The Morgan fingerprint density at radius 3 is 2.61 bits per heavy atom. The van der Waals surface area contributed by atoms with Gasteiger partial charge in [-0.05, 0) is 61.4 Å². The van der Waals surface area contributed by atoms with Crippen molar-refractivity contribution in [2.75, 3.05) is 13.2 Å². The van der Waals surface area contributed by atoms with Gasteiger partial charge in [-0.25, -0.2) is 14.2 Å². The minimum absolute atomic E-state index is 0.111. The van der Waals surface area contributed by atoms with Crippen LogP contribution in [0.4, 0.5) is 4.39 Å². The second kappa shape index (κ2) is 8.89. The number of halogens is 2. The van der Waals surface area contributed by atoms with Crippen molar-refractivity contribution in [3.05, 3.63) is 64.1 Å². The van der Waals surface area contributed by atoms with Crippen LogP contribution in [-0.2, 0) is 9.53 Å². The van der Waals surface area contributed by atoms with E-state index in [0.717, 1.165) is 6.42 Å². The first-order valence-corrected chi connectivity index (χ1v) is 9.27. The lowest BCUT2D eigenvalue weighted by Gasteiger charge is -2.14. The normalized spacial score (nSPS) is 14.8. The zero-order chi connectivity index (χ0) is 20.1. The van der Waals surface area contributed by atoms with E-state index in [1.165, 1.54) is 24.3 Å². The third-order valence-electron chi connectivity index (χ3n) is 3.80. The van der Waals surface area contributed by atoms with Crippen LogP contribution in [0, 0.1) is 5.82 Å². The van der Waals surface area contributed by atoms with Gasteiger partial charge in [-0.1, -0.05) is 18.5 Å². The summed E-state index contributed by atoms with van der Waals surface area (Å²) in [5.41, 5.74) is 1.24.